The van der Waals surface area contributed by atoms with Crippen LogP contribution in [0.4, 0.5) is 5.82 Å². The molecule has 1 N–H and O–H groups in total. The van der Waals surface area contributed by atoms with Crippen LogP contribution in [0.25, 0.3) is 0 Å². The number of hydrogen-bond acceptors (Lipinski definition) is 2. The van der Waals surface area contributed by atoms with Crippen LogP contribution in [0.15, 0.2) is 48.7 Å². The van der Waals surface area contributed by atoms with Gasteiger partial charge in [-0.3, -0.25) is 0 Å². The molecule has 1 heterocycles. The normalized spacial score (nSPS) is 12.1. The Hall–Kier alpha value is -1.10. The number of nitrogens with zero attached hydrogens (tertiary/aromatic N) is 1. The zero-order valence-electron chi connectivity index (χ0n) is 9.02. The third kappa shape index (κ3) is 2.95. The molecule has 0 bridgehead atoms. The number of nitrogens with one attached hydrogen (secondary N) is 1. The highest BCUT2D eigenvalue weighted by Crippen LogP contribution is 2.17. The Morgan fingerprint density at radius 1 is 1.12 bits per heavy atom. The number of hydrogen-bond donors (Lipinski definition) is 1. The van der Waals surface area contributed by atoms with Crippen LogP contribution >= 0.6 is 22.6 Å². The summed E-state index contributed by atoms with van der Waals surface area (Å²) in [6.45, 7) is 2.13. The van der Waals surface area contributed by atoms with E-state index in [4.69, 9.17) is 0 Å². The lowest BCUT2D eigenvalue weighted by atomic mass is 10.1. The average Bonchev–Trinajstić information content (AvgIpc) is 2.33. The zero-order valence-corrected chi connectivity index (χ0v) is 11.2. The van der Waals surface area contributed by atoms with Gasteiger partial charge < -0.3 is 5.32 Å². The van der Waals surface area contributed by atoms with Gasteiger partial charge in [-0.05, 0) is 47.2 Å². The van der Waals surface area contributed by atoms with E-state index in [9.17, 15) is 0 Å². The zero-order chi connectivity index (χ0) is 11.4. The molecular weight excluding hydrogens is 311 g/mol. The van der Waals surface area contributed by atoms with E-state index in [-0.39, 0.29) is 6.04 Å². The third-order valence-corrected chi connectivity index (χ3v) is 3.03. The molecule has 1 aromatic heterocycles. The Labute approximate surface area is 109 Å². The number of anilines is 1. The fraction of sp³-hybridized carbons (Fsp3) is 0.154. The lowest BCUT2D eigenvalue weighted by molar-refractivity contribution is 0.874. The largest absolute Gasteiger partial charge is 0.364 e. The molecule has 1 unspecified atom stereocenters. The highest BCUT2D eigenvalue weighted by molar-refractivity contribution is 14.1. The monoisotopic (exact) mass is 324 g/mol. The van der Waals surface area contributed by atoms with Crippen molar-refractivity contribution < 1.29 is 0 Å². The molecule has 0 saturated heterocycles. The van der Waals surface area contributed by atoms with Gasteiger partial charge in [-0.1, -0.05) is 30.3 Å². The van der Waals surface area contributed by atoms with Gasteiger partial charge >= 0.3 is 0 Å². The molecule has 16 heavy (non-hydrogen) atoms. The van der Waals surface area contributed by atoms with Gasteiger partial charge in [-0.25, -0.2) is 4.98 Å². The second-order valence-electron chi connectivity index (χ2n) is 3.64. The number of halogens is 1. The molecule has 0 aliphatic carbocycles. The Morgan fingerprint density at radius 2 is 1.88 bits per heavy atom. The van der Waals surface area contributed by atoms with Crippen molar-refractivity contribution in [2.75, 3.05) is 5.32 Å². The molecule has 3 heteroatoms. The summed E-state index contributed by atoms with van der Waals surface area (Å²) in [5.74, 6) is 0.914. The predicted octanol–water partition coefficient (Wildman–Crippen LogP) is 3.86. The minimum atomic E-state index is 0.272. The molecule has 0 aliphatic rings. The second-order valence-corrected chi connectivity index (χ2v) is 4.88. The molecule has 1 aromatic carbocycles. The fourth-order valence-corrected chi connectivity index (χ4v) is 1.83. The first-order chi connectivity index (χ1) is 7.75. The Kier molecular flexibility index (Phi) is 3.77. The van der Waals surface area contributed by atoms with Gasteiger partial charge in [0.05, 0.1) is 0 Å². The van der Waals surface area contributed by atoms with Crippen molar-refractivity contribution in [3.8, 4) is 0 Å². The number of benzene rings is 1. The highest BCUT2D eigenvalue weighted by Gasteiger charge is 2.04. The Bertz CT molecular complexity index is 439. The lowest BCUT2D eigenvalue weighted by Crippen LogP contribution is -2.07. The number of aromatic nitrogens is 1. The maximum Gasteiger partial charge on any atom is 0.126 e. The first-order valence-corrected chi connectivity index (χ1v) is 6.26. The summed E-state index contributed by atoms with van der Waals surface area (Å²) < 4.78 is 1.15. The van der Waals surface area contributed by atoms with E-state index >= 15 is 0 Å². The van der Waals surface area contributed by atoms with Crippen molar-refractivity contribution in [2.45, 2.75) is 13.0 Å². The molecule has 1 atom stereocenters. The van der Waals surface area contributed by atoms with Crippen LogP contribution in [-0.4, -0.2) is 4.98 Å². The van der Waals surface area contributed by atoms with Crippen molar-refractivity contribution >= 4 is 28.4 Å². The van der Waals surface area contributed by atoms with Gasteiger partial charge in [0, 0.05) is 15.8 Å². The van der Waals surface area contributed by atoms with E-state index in [0.717, 1.165) is 9.39 Å². The summed E-state index contributed by atoms with van der Waals surface area (Å²) in [4.78, 5) is 4.33. The number of rotatable bonds is 3. The smallest absolute Gasteiger partial charge is 0.126 e. The van der Waals surface area contributed by atoms with Crippen LogP contribution in [0.2, 0.25) is 0 Å². The van der Waals surface area contributed by atoms with Crippen molar-refractivity contribution in [3.05, 3.63) is 57.8 Å². The maximum absolute atomic E-state index is 4.33. The molecular formula is C13H13IN2. The fourth-order valence-electron chi connectivity index (χ4n) is 1.51. The van der Waals surface area contributed by atoms with E-state index in [0.29, 0.717) is 0 Å². The quantitative estimate of drug-likeness (QED) is 0.867. The van der Waals surface area contributed by atoms with E-state index in [1.165, 1.54) is 5.56 Å². The highest BCUT2D eigenvalue weighted by atomic mass is 127. The molecule has 0 radical (unpaired) electrons. The van der Waals surface area contributed by atoms with Crippen molar-refractivity contribution in [3.63, 3.8) is 0 Å². The maximum atomic E-state index is 4.33. The van der Waals surface area contributed by atoms with Gasteiger partial charge in [0.15, 0.2) is 0 Å². The van der Waals surface area contributed by atoms with Gasteiger partial charge in [0.25, 0.3) is 0 Å². The summed E-state index contributed by atoms with van der Waals surface area (Å²) >= 11 is 2.25. The predicted molar refractivity (Wildman–Crippen MR) is 75.4 cm³/mol. The molecule has 82 valence electrons. The van der Waals surface area contributed by atoms with Crippen LogP contribution in [0.1, 0.15) is 18.5 Å². The van der Waals surface area contributed by atoms with Gasteiger partial charge in [-0.15, -0.1) is 0 Å². The summed E-state index contributed by atoms with van der Waals surface area (Å²) in [5, 5.41) is 3.37. The third-order valence-electron chi connectivity index (χ3n) is 2.39. The SMILES string of the molecule is CC(Nc1ccc(I)cn1)c1ccccc1. The lowest BCUT2D eigenvalue weighted by Gasteiger charge is -2.14. The minimum absolute atomic E-state index is 0.272. The first kappa shape index (κ1) is 11.4. The minimum Gasteiger partial charge on any atom is -0.364 e. The van der Waals surface area contributed by atoms with E-state index in [1.54, 1.807) is 0 Å². The van der Waals surface area contributed by atoms with Crippen molar-refractivity contribution in [1.82, 2.24) is 4.98 Å². The summed E-state index contributed by atoms with van der Waals surface area (Å²) in [6, 6.07) is 14.7. The van der Waals surface area contributed by atoms with E-state index < -0.39 is 0 Å². The van der Waals surface area contributed by atoms with Crippen molar-refractivity contribution in [1.29, 1.82) is 0 Å². The van der Waals surface area contributed by atoms with Crippen LogP contribution in [0.3, 0.4) is 0 Å². The topological polar surface area (TPSA) is 24.9 Å². The van der Waals surface area contributed by atoms with Crippen LogP contribution in [0.5, 0.6) is 0 Å². The van der Waals surface area contributed by atoms with E-state index in [2.05, 4.69) is 64.1 Å². The van der Waals surface area contributed by atoms with Crippen molar-refractivity contribution in [2.24, 2.45) is 0 Å². The van der Waals surface area contributed by atoms with E-state index in [1.807, 2.05) is 24.4 Å². The summed E-state index contributed by atoms with van der Waals surface area (Å²) in [7, 11) is 0. The first-order valence-electron chi connectivity index (χ1n) is 5.19. The molecule has 2 nitrogen and oxygen atoms in total. The molecule has 0 saturated carbocycles. The molecule has 2 rings (SSSR count). The van der Waals surface area contributed by atoms with Crippen LogP contribution in [0, 0.1) is 3.57 Å². The second kappa shape index (κ2) is 5.30. The number of pyridine rings is 1. The van der Waals surface area contributed by atoms with Gasteiger partial charge in [0.1, 0.15) is 5.82 Å². The molecule has 0 fully saturated rings. The average molecular weight is 324 g/mol. The standard InChI is InChI=1S/C13H13IN2/c1-10(11-5-3-2-4-6-11)16-13-8-7-12(14)9-15-13/h2-10H,1H3,(H,15,16). The molecule has 2 aromatic rings. The summed E-state index contributed by atoms with van der Waals surface area (Å²) in [6.07, 6.45) is 1.86. The molecule has 0 aliphatic heterocycles. The van der Waals surface area contributed by atoms with Crippen LogP contribution < -0.4 is 5.32 Å². The van der Waals surface area contributed by atoms with Gasteiger partial charge in [0.2, 0.25) is 0 Å². The summed E-state index contributed by atoms with van der Waals surface area (Å²) in [5.41, 5.74) is 1.27. The Balaban J connectivity index is 2.08. The van der Waals surface area contributed by atoms with Gasteiger partial charge in [-0.2, -0.15) is 0 Å². The Morgan fingerprint density at radius 3 is 2.50 bits per heavy atom. The molecule has 0 spiro atoms. The molecule has 0 amide bonds. The van der Waals surface area contributed by atoms with Crippen LogP contribution in [-0.2, 0) is 0 Å².